The first kappa shape index (κ1) is 26.6. The number of rotatable bonds is 15. The SMILES string of the molecule is CCCCCCCCCCCC[P+](O)(O)Oc1ccccc1C(C)(C)c1ccccc1O. The average molecular weight is 462 g/mol. The van der Waals surface area contributed by atoms with E-state index in [1.165, 1.54) is 44.9 Å². The highest BCUT2D eigenvalue weighted by Gasteiger charge is 2.39. The van der Waals surface area contributed by atoms with E-state index in [0.29, 0.717) is 5.75 Å². The maximum Gasteiger partial charge on any atom is 0.451 e. The Morgan fingerprint density at radius 3 is 1.81 bits per heavy atom. The highest BCUT2D eigenvalue weighted by molar-refractivity contribution is 7.60. The normalized spacial score (nSPS) is 12.2. The molecule has 0 heterocycles. The maximum atomic E-state index is 10.6. The average Bonchev–Trinajstić information content (AvgIpc) is 2.75. The first-order valence-corrected chi connectivity index (χ1v) is 14.0. The van der Waals surface area contributed by atoms with Crippen molar-refractivity contribution in [1.82, 2.24) is 0 Å². The molecule has 4 nitrogen and oxygen atoms in total. The van der Waals surface area contributed by atoms with E-state index in [1.807, 2.05) is 44.2 Å². The molecule has 0 amide bonds. The molecule has 2 aromatic carbocycles. The van der Waals surface area contributed by atoms with Gasteiger partial charge >= 0.3 is 7.94 Å². The summed E-state index contributed by atoms with van der Waals surface area (Å²) in [5, 5.41) is 10.4. The van der Waals surface area contributed by atoms with Crippen LogP contribution in [0.2, 0.25) is 0 Å². The van der Waals surface area contributed by atoms with Gasteiger partial charge in [-0.05, 0) is 25.0 Å². The molecule has 0 unspecified atom stereocenters. The van der Waals surface area contributed by atoms with Gasteiger partial charge in [0.15, 0.2) is 5.75 Å². The molecule has 0 saturated carbocycles. The Kier molecular flexibility index (Phi) is 11.0. The molecule has 0 saturated heterocycles. The Morgan fingerprint density at radius 1 is 0.719 bits per heavy atom. The number of para-hydroxylation sites is 2. The van der Waals surface area contributed by atoms with Crippen molar-refractivity contribution in [3.8, 4) is 11.5 Å². The summed E-state index contributed by atoms with van der Waals surface area (Å²) in [5.74, 6) is 0.679. The molecule has 0 atom stereocenters. The Labute approximate surface area is 195 Å². The fourth-order valence-electron chi connectivity index (χ4n) is 4.22. The molecule has 0 aliphatic rings. The van der Waals surface area contributed by atoms with E-state index < -0.39 is 13.4 Å². The first-order valence-electron chi connectivity index (χ1n) is 12.2. The van der Waals surface area contributed by atoms with Gasteiger partial charge in [0.05, 0.1) is 0 Å². The van der Waals surface area contributed by atoms with Gasteiger partial charge in [-0.1, -0.05) is 109 Å². The van der Waals surface area contributed by atoms with Crippen LogP contribution in [0.15, 0.2) is 48.5 Å². The molecule has 178 valence electrons. The molecule has 3 N–H and O–H groups in total. The fourth-order valence-corrected chi connectivity index (χ4v) is 5.42. The number of unbranched alkanes of at least 4 members (excludes halogenated alkanes) is 9. The van der Waals surface area contributed by atoms with Gasteiger partial charge in [0.1, 0.15) is 11.9 Å². The van der Waals surface area contributed by atoms with Gasteiger partial charge in [-0.3, -0.25) is 4.52 Å². The van der Waals surface area contributed by atoms with E-state index in [1.54, 1.807) is 18.2 Å². The topological polar surface area (TPSA) is 69.9 Å². The molecule has 2 rings (SSSR count). The molecule has 0 spiro atoms. The first-order chi connectivity index (χ1) is 15.3. The van der Waals surface area contributed by atoms with Crippen LogP contribution < -0.4 is 4.52 Å². The quantitative estimate of drug-likeness (QED) is 0.187. The van der Waals surface area contributed by atoms with Crippen LogP contribution in [0, 0.1) is 0 Å². The highest BCUT2D eigenvalue weighted by Crippen LogP contribution is 2.54. The summed E-state index contributed by atoms with van der Waals surface area (Å²) in [6, 6.07) is 14.7. The highest BCUT2D eigenvalue weighted by atomic mass is 31.2. The number of phenols is 1. The van der Waals surface area contributed by atoms with Crippen LogP contribution in [0.3, 0.4) is 0 Å². The van der Waals surface area contributed by atoms with E-state index in [2.05, 4.69) is 6.92 Å². The third kappa shape index (κ3) is 8.39. The van der Waals surface area contributed by atoms with Crippen LogP contribution >= 0.6 is 7.94 Å². The smallest absolute Gasteiger partial charge is 0.451 e. The second kappa shape index (κ2) is 13.2. The zero-order valence-corrected chi connectivity index (χ0v) is 21.0. The molecule has 0 aromatic heterocycles. The van der Waals surface area contributed by atoms with Crippen molar-refractivity contribution in [1.29, 1.82) is 0 Å². The zero-order chi connectivity index (χ0) is 23.5. The number of phenolic OH excluding ortho intramolecular Hbond substituents is 1. The van der Waals surface area contributed by atoms with Crippen LogP contribution in [0.4, 0.5) is 0 Å². The van der Waals surface area contributed by atoms with Crippen LogP contribution in [-0.2, 0) is 5.41 Å². The number of benzene rings is 2. The van der Waals surface area contributed by atoms with E-state index in [4.69, 9.17) is 4.52 Å². The van der Waals surface area contributed by atoms with Gasteiger partial charge in [-0.15, -0.1) is 0 Å². The van der Waals surface area contributed by atoms with Gasteiger partial charge in [0.25, 0.3) is 0 Å². The van der Waals surface area contributed by atoms with Crippen molar-refractivity contribution in [2.75, 3.05) is 6.16 Å². The predicted molar refractivity (Wildman–Crippen MR) is 135 cm³/mol. The van der Waals surface area contributed by atoms with Crippen molar-refractivity contribution < 1.29 is 19.4 Å². The summed E-state index contributed by atoms with van der Waals surface area (Å²) >= 11 is 0. The predicted octanol–water partition coefficient (Wildman–Crippen LogP) is 7.77. The molecule has 0 fully saturated rings. The van der Waals surface area contributed by atoms with Crippen molar-refractivity contribution in [2.24, 2.45) is 0 Å². The van der Waals surface area contributed by atoms with Gasteiger partial charge in [0, 0.05) is 16.5 Å². The summed E-state index contributed by atoms with van der Waals surface area (Å²) in [7, 11) is -3.50. The lowest BCUT2D eigenvalue weighted by Crippen LogP contribution is -2.20. The minimum atomic E-state index is -3.50. The van der Waals surface area contributed by atoms with Gasteiger partial charge < -0.3 is 5.11 Å². The Balaban J connectivity index is 1.88. The maximum absolute atomic E-state index is 10.6. The minimum absolute atomic E-state index is 0.215. The van der Waals surface area contributed by atoms with Crippen molar-refractivity contribution in [2.45, 2.75) is 90.4 Å². The molecular weight excluding hydrogens is 419 g/mol. The van der Waals surface area contributed by atoms with E-state index in [0.717, 1.165) is 30.4 Å². The fraction of sp³-hybridized carbons (Fsp3) is 0.556. The molecular formula is C27H42O4P+. The largest absolute Gasteiger partial charge is 0.508 e. The summed E-state index contributed by atoms with van der Waals surface area (Å²) < 4.78 is 5.80. The third-order valence-electron chi connectivity index (χ3n) is 6.19. The van der Waals surface area contributed by atoms with E-state index in [-0.39, 0.29) is 11.9 Å². The third-order valence-corrected chi connectivity index (χ3v) is 7.57. The molecule has 32 heavy (non-hydrogen) atoms. The standard InChI is InChI=1S/C27H41O4P/c1-4-5-6-7-8-9-10-11-12-17-22-32(29,30)31-26-21-16-14-19-24(26)27(2,3)23-18-13-15-20-25(23)28/h13-16,18-21,29-30H,4-12,17,22H2,1-3H3/p+1. The van der Waals surface area contributed by atoms with Gasteiger partial charge in [-0.2, -0.15) is 9.79 Å². The summed E-state index contributed by atoms with van der Waals surface area (Å²) in [6.45, 7) is 6.24. The monoisotopic (exact) mass is 461 g/mol. The summed E-state index contributed by atoms with van der Waals surface area (Å²) in [6.07, 6.45) is 12.2. The van der Waals surface area contributed by atoms with Crippen molar-refractivity contribution in [3.05, 3.63) is 59.7 Å². The van der Waals surface area contributed by atoms with Gasteiger partial charge in [-0.25, -0.2) is 0 Å². The molecule has 2 aromatic rings. The number of hydrogen-bond donors (Lipinski definition) is 3. The lowest BCUT2D eigenvalue weighted by Gasteiger charge is -2.28. The second-order valence-electron chi connectivity index (χ2n) is 9.30. The molecule has 0 aliphatic heterocycles. The molecule has 5 heteroatoms. The van der Waals surface area contributed by atoms with E-state index in [9.17, 15) is 14.9 Å². The lowest BCUT2D eigenvalue weighted by atomic mass is 9.77. The van der Waals surface area contributed by atoms with Crippen LogP contribution in [0.1, 0.15) is 96.1 Å². The number of hydrogen-bond acceptors (Lipinski definition) is 4. The second-order valence-corrected chi connectivity index (χ2v) is 11.3. The lowest BCUT2D eigenvalue weighted by molar-refractivity contribution is 0.333. The Hall–Kier alpha value is -1.61. The molecule has 0 bridgehead atoms. The summed E-state index contributed by atoms with van der Waals surface area (Å²) in [4.78, 5) is 21.2. The van der Waals surface area contributed by atoms with Crippen LogP contribution in [-0.4, -0.2) is 21.1 Å². The zero-order valence-electron chi connectivity index (χ0n) is 20.1. The van der Waals surface area contributed by atoms with Crippen molar-refractivity contribution >= 4 is 7.94 Å². The Morgan fingerprint density at radius 2 is 1.22 bits per heavy atom. The van der Waals surface area contributed by atoms with Crippen LogP contribution in [0.25, 0.3) is 0 Å². The van der Waals surface area contributed by atoms with Crippen molar-refractivity contribution in [3.63, 3.8) is 0 Å². The van der Waals surface area contributed by atoms with Crippen LogP contribution in [0.5, 0.6) is 11.5 Å². The van der Waals surface area contributed by atoms with Gasteiger partial charge in [0.2, 0.25) is 0 Å². The molecule has 0 aliphatic carbocycles. The summed E-state index contributed by atoms with van der Waals surface area (Å²) in [5.41, 5.74) is 1.03. The number of aromatic hydroxyl groups is 1. The molecule has 0 radical (unpaired) electrons. The van der Waals surface area contributed by atoms with E-state index >= 15 is 0 Å². The minimum Gasteiger partial charge on any atom is -0.508 e. The Bertz CT molecular complexity index is 804.